The highest BCUT2D eigenvalue weighted by atomic mass is 16.2. The molecule has 2 rings (SSSR count). The average Bonchev–Trinajstić information content (AvgIpc) is 2.49. The van der Waals surface area contributed by atoms with E-state index in [0.717, 1.165) is 5.56 Å². The van der Waals surface area contributed by atoms with E-state index in [1.54, 1.807) is 18.2 Å². The first-order chi connectivity index (χ1) is 9.06. The predicted octanol–water partition coefficient (Wildman–Crippen LogP) is 1.56. The summed E-state index contributed by atoms with van der Waals surface area (Å²) < 4.78 is 0. The molecule has 1 aliphatic heterocycles. The molecule has 1 saturated heterocycles. The molecule has 5 heteroatoms. The van der Waals surface area contributed by atoms with Gasteiger partial charge in [-0.1, -0.05) is 12.1 Å². The summed E-state index contributed by atoms with van der Waals surface area (Å²) in [4.78, 5) is 34.3. The Hall–Kier alpha value is -2.17. The van der Waals surface area contributed by atoms with Crippen molar-refractivity contribution in [2.24, 2.45) is 0 Å². The van der Waals surface area contributed by atoms with Gasteiger partial charge in [0, 0.05) is 19.0 Å². The fraction of sp³-hybridized carbons (Fsp3) is 0.357. The lowest BCUT2D eigenvalue weighted by Crippen LogP contribution is -2.31. The van der Waals surface area contributed by atoms with E-state index < -0.39 is 0 Å². The van der Waals surface area contributed by atoms with E-state index in [1.165, 1.54) is 6.92 Å². The zero-order valence-electron chi connectivity index (χ0n) is 10.7. The van der Waals surface area contributed by atoms with Crippen LogP contribution in [0.3, 0.4) is 0 Å². The van der Waals surface area contributed by atoms with Crippen LogP contribution in [0.2, 0.25) is 0 Å². The van der Waals surface area contributed by atoms with Gasteiger partial charge >= 0.3 is 0 Å². The van der Waals surface area contributed by atoms with Gasteiger partial charge in [-0.15, -0.1) is 0 Å². The number of nitrogens with one attached hydrogen (secondary N) is 2. The molecule has 1 unspecified atom stereocenters. The number of carbonyl (C=O) groups is 3. The van der Waals surface area contributed by atoms with Crippen molar-refractivity contribution in [2.45, 2.75) is 32.1 Å². The quantitative estimate of drug-likeness (QED) is 0.792. The molecule has 1 aromatic carbocycles. The van der Waals surface area contributed by atoms with Gasteiger partial charge in [-0.2, -0.15) is 0 Å². The summed E-state index contributed by atoms with van der Waals surface area (Å²) in [6, 6.07) is 7.18. The molecule has 5 nitrogen and oxygen atoms in total. The topological polar surface area (TPSA) is 75.3 Å². The van der Waals surface area contributed by atoms with Crippen molar-refractivity contribution in [2.75, 3.05) is 5.32 Å². The third-order valence-electron chi connectivity index (χ3n) is 3.09. The molecule has 1 heterocycles. The smallest absolute Gasteiger partial charge is 0.234 e. The third kappa shape index (κ3) is 3.40. The lowest BCUT2D eigenvalue weighted by molar-refractivity contribution is -0.130. The van der Waals surface area contributed by atoms with E-state index in [1.807, 2.05) is 6.07 Å². The van der Waals surface area contributed by atoms with Crippen LogP contribution in [0.1, 0.15) is 37.7 Å². The van der Waals surface area contributed by atoms with Gasteiger partial charge in [0.1, 0.15) is 0 Å². The predicted molar refractivity (Wildman–Crippen MR) is 70.5 cm³/mol. The number of amides is 3. The maximum absolute atomic E-state index is 11.9. The van der Waals surface area contributed by atoms with Gasteiger partial charge in [0.15, 0.2) is 0 Å². The summed E-state index contributed by atoms with van der Waals surface area (Å²) in [5.41, 5.74) is 1.48. The van der Waals surface area contributed by atoms with Crippen LogP contribution in [0, 0.1) is 0 Å². The van der Waals surface area contributed by atoms with Crippen molar-refractivity contribution in [3.8, 4) is 0 Å². The van der Waals surface area contributed by atoms with Crippen LogP contribution in [0.25, 0.3) is 0 Å². The molecule has 1 aliphatic rings. The second kappa shape index (κ2) is 5.65. The molecule has 0 aliphatic carbocycles. The molecule has 0 radical (unpaired) electrons. The fourth-order valence-electron chi connectivity index (χ4n) is 2.24. The van der Waals surface area contributed by atoms with Crippen molar-refractivity contribution < 1.29 is 14.4 Å². The van der Waals surface area contributed by atoms with Crippen LogP contribution in [-0.4, -0.2) is 17.7 Å². The zero-order valence-corrected chi connectivity index (χ0v) is 10.7. The van der Waals surface area contributed by atoms with Crippen LogP contribution >= 0.6 is 0 Å². The van der Waals surface area contributed by atoms with E-state index in [9.17, 15) is 14.4 Å². The molecule has 0 spiro atoms. The fourth-order valence-corrected chi connectivity index (χ4v) is 2.24. The minimum absolute atomic E-state index is 0.155. The van der Waals surface area contributed by atoms with Crippen molar-refractivity contribution in [3.63, 3.8) is 0 Å². The molecule has 1 fully saturated rings. The Bertz CT molecular complexity index is 525. The summed E-state index contributed by atoms with van der Waals surface area (Å²) in [7, 11) is 0. The van der Waals surface area contributed by atoms with Gasteiger partial charge in [0.25, 0.3) is 0 Å². The van der Waals surface area contributed by atoms with Crippen LogP contribution in [0.5, 0.6) is 0 Å². The van der Waals surface area contributed by atoms with Gasteiger partial charge in [-0.3, -0.25) is 19.7 Å². The molecule has 3 amide bonds. The third-order valence-corrected chi connectivity index (χ3v) is 3.09. The molecule has 0 aromatic heterocycles. The first kappa shape index (κ1) is 13.3. The summed E-state index contributed by atoms with van der Waals surface area (Å²) >= 11 is 0. The molecule has 0 saturated carbocycles. The molecular weight excluding hydrogens is 244 g/mol. The largest absolute Gasteiger partial charge is 0.326 e. The minimum atomic E-state index is -0.333. The lowest BCUT2D eigenvalue weighted by atomic mass is 9.93. The highest BCUT2D eigenvalue weighted by molar-refractivity contribution is 5.99. The second-order valence-electron chi connectivity index (χ2n) is 4.66. The van der Waals surface area contributed by atoms with Gasteiger partial charge in [-0.05, 0) is 30.5 Å². The van der Waals surface area contributed by atoms with Gasteiger partial charge in [0.2, 0.25) is 17.7 Å². The first-order valence-corrected chi connectivity index (χ1v) is 6.27. The summed E-state index contributed by atoms with van der Waals surface area (Å²) in [6.07, 6.45) is 1.71. The Morgan fingerprint density at radius 2 is 2.16 bits per heavy atom. The second-order valence-corrected chi connectivity index (χ2v) is 4.66. The number of carbonyl (C=O) groups excluding carboxylic acids is 3. The highest BCUT2D eigenvalue weighted by Crippen LogP contribution is 2.26. The summed E-state index contributed by atoms with van der Waals surface area (Å²) in [5.74, 6) is -0.967. The van der Waals surface area contributed by atoms with Gasteiger partial charge in [0.05, 0.1) is 5.92 Å². The number of imide groups is 1. The van der Waals surface area contributed by atoms with Crippen molar-refractivity contribution in [3.05, 3.63) is 29.8 Å². The number of hydrogen-bond acceptors (Lipinski definition) is 3. The average molecular weight is 260 g/mol. The Labute approximate surface area is 111 Å². The maximum Gasteiger partial charge on any atom is 0.234 e. The van der Waals surface area contributed by atoms with Crippen LogP contribution in [0.15, 0.2) is 24.3 Å². The molecule has 1 atom stereocenters. The lowest BCUT2D eigenvalue weighted by Gasteiger charge is -2.14. The van der Waals surface area contributed by atoms with Gasteiger partial charge in [-0.25, -0.2) is 0 Å². The Morgan fingerprint density at radius 3 is 2.89 bits per heavy atom. The SMILES string of the molecule is CC(=O)Nc1cccc(C2CCCC(=O)NC2=O)c1. The highest BCUT2D eigenvalue weighted by Gasteiger charge is 2.25. The number of hydrogen-bond donors (Lipinski definition) is 2. The van der Waals surface area contributed by atoms with E-state index in [4.69, 9.17) is 0 Å². The molecule has 1 aromatic rings. The Morgan fingerprint density at radius 1 is 1.37 bits per heavy atom. The van der Waals surface area contributed by atoms with Crippen molar-refractivity contribution >= 4 is 23.4 Å². The zero-order chi connectivity index (χ0) is 13.8. The van der Waals surface area contributed by atoms with Crippen LogP contribution < -0.4 is 10.6 Å². The molecule has 100 valence electrons. The number of benzene rings is 1. The normalized spacial score (nSPS) is 19.5. The molecule has 19 heavy (non-hydrogen) atoms. The number of rotatable bonds is 2. The van der Waals surface area contributed by atoms with E-state index >= 15 is 0 Å². The summed E-state index contributed by atoms with van der Waals surface area (Å²) in [6.45, 7) is 1.43. The van der Waals surface area contributed by atoms with Crippen molar-refractivity contribution in [1.82, 2.24) is 5.32 Å². The van der Waals surface area contributed by atoms with E-state index in [-0.39, 0.29) is 23.6 Å². The molecule has 2 N–H and O–H groups in total. The minimum Gasteiger partial charge on any atom is -0.326 e. The van der Waals surface area contributed by atoms with Crippen molar-refractivity contribution in [1.29, 1.82) is 0 Å². The molecular formula is C14H16N2O3. The standard InChI is InChI=1S/C14H16N2O3/c1-9(17)15-11-5-2-4-10(8-11)12-6-3-7-13(18)16-14(12)19/h2,4-5,8,12H,3,6-7H2,1H3,(H,15,17)(H,16,18,19). The van der Waals surface area contributed by atoms with Crippen LogP contribution in [-0.2, 0) is 14.4 Å². The Balaban J connectivity index is 2.22. The Kier molecular flexibility index (Phi) is 3.94. The van der Waals surface area contributed by atoms with Crippen LogP contribution in [0.4, 0.5) is 5.69 Å². The van der Waals surface area contributed by atoms with Gasteiger partial charge < -0.3 is 5.32 Å². The molecule has 0 bridgehead atoms. The number of anilines is 1. The monoisotopic (exact) mass is 260 g/mol. The van der Waals surface area contributed by atoms with E-state index in [0.29, 0.717) is 24.9 Å². The summed E-state index contributed by atoms with van der Waals surface area (Å²) in [5, 5.41) is 5.07. The van der Waals surface area contributed by atoms with E-state index in [2.05, 4.69) is 10.6 Å². The maximum atomic E-state index is 11.9. The first-order valence-electron chi connectivity index (χ1n) is 6.27.